The fourth-order valence-corrected chi connectivity index (χ4v) is 2.50. The molecule has 1 heterocycles. The number of hydrogen-bond acceptors (Lipinski definition) is 3. The first-order valence-corrected chi connectivity index (χ1v) is 7.41. The Morgan fingerprint density at radius 3 is 3.00 bits per heavy atom. The van der Waals surface area contributed by atoms with Crippen LogP contribution in [0.25, 0.3) is 0 Å². The van der Waals surface area contributed by atoms with E-state index in [4.69, 9.17) is 4.74 Å². The predicted molar refractivity (Wildman–Crippen MR) is 79.3 cm³/mol. The number of ether oxygens (including phenoxy) is 1. The Kier molecular flexibility index (Phi) is 6.14. The van der Waals surface area contributed by atoms with Gasteiger partial charge >= 0.3 is 0 Å². The number of amides is 1. The molecule has 1 fully saturated rings. The van der Waals surface area contributed by atoms with Crippen molar-refractivity contribution in [2.45, 2.75) is 19.4 Å². The van der Waals surface area contributed by atoms with Gasteiger partial charge in [-0.3, -0.25) is 9.69 Å². The van der Waals surface area contributed by atoms with Gasteiger partial charge in [-0.25, -0.2) is 4.39 Å². The van der Waals surface area contributed by atoms with Crippen LogP contribution in [0.3, 0.4) is 0 Å². The second kappa shape index (κ2) is 8.10. The average molecular weight is 294 g/mol. The normalized spacial score (nSPS) is 18.1. The summed E-state index contributed by atoms with van der Waals surface area (Å²) in [7, 11) is 1.82. The Balaban J connectivity index is 1.66. The van der Waals surface area contributed by atoms with Gasteiger partial charge in [0.2, 0.25) is 5.91 Å². The van der Waals surface area contributed by atoms with Gasteiger partial charge in [0, 0.05) is 31.9 Å². The van der Waals surface area contributed by atoms with E-state index in [1.54, 1.807) is 18.2 Å². The summed E-state index contributed by atoms with van der Waals surface area (Å²) in [4.78, 5) is 13.6. The van der Waals surface area contributed by atoms with Crippen LogP contribution in [0.5, 0.6) is 0 Å². The topological polar surface area (TPSA) is 41.6 Å². The summed E-state index contributed by atoms with van der Waals surface area (Å²) in [5.41, 5.74) is 0.607. The quantitative estimate of drug-likeness (QED) is 0.834. The van der Waals surface area contributed by atoms with E-state index in [-0.39, 0.29) is 18.3 Å². The largest absolute Gasteiger partial charge is 0.381 e. The lowest BCUT2D eigenvalue weighted by Crippen LogP contribution is -2.36. The Morgan fingerprint density at radius 1 is 1.48 bits per heavy atom. The van der Waals surface area contributed by atoms with Gasteiger partial charge in [0.15, 0.2) is 0 Å². The lowest BCUT2D eigenvalue weighted by atomic mass is 10.1. The fraction of sp³-hybridized carbons (Fsp3) is 0.562. The highest BCUT2D eigenvalue weighted by atomic mass is 19.1. The first-order valence-electron chi connectivity index (χ1n) is 7.41. The maximum Gasteiger partial charge on any atom is 0.234 e. The summed E-state index contributed by atoms with van der Waals surface area (Å²) in [6.45, 7) is 3.03. The molecule has 0 bridgehead atoms. The van der Waals surface area contributed by atoms with Crippen molar-refractivity contribution in [2.75, 3.05) is 33.4 Å². The van der Waals surface area contributed by atoms with Crippen LogP contribution in [-0.2, 0) is 16.1 Å². The summed E-state index contributed by atoms with van der Waals surface area (Å²) in [6.07, 6.45) is 2.05. The molecule has 0 spiro atoms. The van der Waals surface area contributed by atoms with Crippen LogP contribution < -0.4 is 5.32 Å². The van der Waals surface area contributed by atoms with Crippen LogP contribution in [0.2, 0.25) is 0 Å². The Bertz CT molecular complexity index is 461. The van der Waals surface area contributed by atoms with Crippen molar-refractivity contribution in [1.82, 2.24) is 10.2 Å². The van der Waals surface area contributed by atoms with Gasteiger partial charge in [-0.15, -0.1) is 0 Å². The lowest BCUT2D eigenvalue weighted by molar-refractivity contribution is -0.122. The number of halogens is 1. The molecule has 1 saturated heterocycles. The van der Waals surface area contributed by atoms with Crippen LogP contribution in [-0.4, -0.2) is 44.2 Å². The number of hydrogen-bond donors (Lipinski definition) is 1. The SMILES string of the molecule is CN(CC(=O)NCC[C@H]1CCOC1)Cc1ccccc1F. The van der Waals surface area contributed by atoms with E-state index in [0.29, 0.717) is 24.6 Å². The zero-order chi connectivity index (χ0) is 15.1. The lowest BCUT2D eigenvalue weighted by Gasteiger charge is -2.17. The first kappa shape index (κ1) is 15.9. The summed E-state index contributed by atoms with van der Waals surface area (Å²) >= 11 is 0. The molecule has 116 valence electrons. The van der Waals surface area contributed by atoms with Crippen molar-refractivity contribution in [3.8, 4) is 0 Å². The number of carbonyl (C=O) groups excluding carboxylic acids is 1. The van der Waals surface area contributed by atoms with Gasteiger partial charge in [-0.05, 0) is 31.9 Å². The van der Waals surface area contributed by atoms with Gasteiger partial charge in [0.05, 0.1) is 6.54 Å². The summed E-state index contributed by atoms with van der Waals surface area (Å²) in [6, 6.07) is 6.64. The monoisotopic (exact) mass is 294 g/mol. The summed E-state index contributed by atoms with van der Waals surface area (Å²) in [5, 5.41) is 2.91. The Morgan fingerprint density at radius 2 is 2.29 bits per heavy atom. The second-order valence-electron chi connectivity index (χ2n) is 5.63. The molecule has 1 amide bonds. The zero-order valence-electron chi connectivity index (χ0n) is 12.5. The van der Waals surface area contributed by atoms with Crippen molar-refractivity contribution in [1.29, 1.82) is 0 Å². The van der Waals surface area contributed by atoms with Gasteiger partial charge < -0.3 is 10.1 Å². The van der Waals surface area contributed by atoms with Crippen LogP contribution in [0, 0.1) is 11.7 Å². The van der Waals surface area contributed by atoms with E-state index in [2.05, 4.69) is 5.32 Å². The number of nitrogens with zero attached hydrogens (tertiary/aromatic N) is 1. The highest BCUT2D eigenvalue weighted by Crippen LogP contribution is 2.15. The molecule has 1 aromatic rings. The Labute approximate surface area is 125 Å². The minimum absolute atomic E-state index is 0.0206. The standard InChI is InChI=1S/C16H23FN2O2/c1-19(10-14-4-2-3-5-15(14)17)11-16(20)18-8-6-13-7-9-21-12-13/h2-5,13H,6-12H2,1H3,(H,18,20)/t13-/m0/s1. The van der Waals surface area contributed by atoms with E-state index >= 15 is 0 Å². The molecule has 1 aliphatic rings. The third kappa shape index (κ3) is 5.44. The smallest absolute Gasteiger partial charge is 0.234 e. The van der Waals surface area contributed by atoms with E-state index in [1.165, 1.54) is 6.07 Å². The number of carbonyl (C=O) groups is 1. The number of rotatable bonds is 7. The maximum atomic E-state index is 13.5. The van der Waals surface area contributed by atoms with Gasteiger partial charge in [-0.2, -0.15) is 0 Å². The van der Waals surface area contributed by atoms with Crippen molar-refractivity contribution in [3.63, 3.8) is 0 Å². The average Bonchev–Trinajstić information content (AvgIpc) is 2.94. The van der Waals surface area contributed by atoms with Crippen molar-refractivity contribution in [3.05, 3.63) is 35.6 Å². The van der Waals surface area contributed by atoms with E-state index in [9.17, 15) is 9.18 Å². The Hall–Kier alpha value is -1.46. The fourth-order valence-electron chi connectivity index (χ4n) is 2.50. The molecule has 0 saturated carbocycles. The number of benzene rings is 1. The molecule has 0 radical (unpaired) electrons. The van der Waals surface area contributed by atoms with Crippen LogP contribution in [0.15, 0.2) is 24.3 Å². The highest BCUT2D eigenvalue weighted by molar-refractivity contribution is 5.77. The molecule has 1 N–H and O–H groups in total. The van der Waals surface area contributed by atoms with Gasteiger partial charge in [-0.1, -0.05) is 18.2 Å². The molecule has 0 aromatic heterocycles. The van der Waals surface area contributed by atoms with E-state index < -0.39 is 0 Å². The van der Waals surface area contributed by atoms with Crippen molar-refractivity contribution < 1.29 is 13.9 Å². The van der Waals surface area contributed by atoms with Crippen LogP contribution in [0.1, 0.15) is 18.4 Å². The predicted octanol–water partition coefficient (Wildman–Crippen LogP) is 1.80. The van der Waals surface area contributed by atoms with Crippen LogP contribution in [0.4, 0.5) is 4.39 Å². The van der Waals surface area contributed by atoms with Gasteiger partial charge in [0.1, 0.15) is 5.82 Å². The first-order chi connectivity index (χ1) is 10.1. The molecule has 5 heteroatoms. The van der Waals surface area contributed by atoms with Crippen LogP contribution >= 0.6 is 0 Å². The zero-order valence-corrected chi connectivity index (χ0v) is 12.5. The number of nitrogens with one attached hydrogen (secondary N) is 1. The molecule has 2 rings (SSSR count). The van der Waals surface area contributed by atoms with Crippen molar-refractivity contribution >= 4 is 5.91 Å². The molecular weight excluding hydrogens is 271 g/mol. The molecule has 0 aliphatic carbocycles. The molecule has 1 aromatic carbocycles. The van der Waals surface area contributed by atoms with E-state index in [0.717, 1.165) is 26.1 Å². The van der Waals surface area contributed by atoms with Gasteiger partial charge in [0.25, 0.3) is 0 Å². The number of likely N-dealkylation sites (N-methyl/N-ethyl adjacent to an activating group) is 1. The summed E-state index contributed by atoms with van der Waals surface area (Å²) in [5.74, 6) is 0.320. The van der Waals surface area contributed by atoms with Crippen molar-refractivity contribution in [2.24, 2.45) is 5.92 Å². The molecule has 1 aliphatic heterocycles. The molecule has 0 unspecified atom stereocenters. The minimum atomic E-state index is -0.231. The van der Waals surface area contributed by atoms with E-state index in [1.807, 2.05) is 11.9 Å². The summed E-state index contributed by atoms with van der Waals surface area (Å²) < 4.78 is 18.8. The second-order valence-corrected chi connectivity index (χ2v) is 5.63. The molecule has 4 nitrogen and oxygen atoms in total. The minimum Gasteiger partial charge on any atom is -0.381 e. The third-order valence-corrected chi connectivity index (χ3v) is 3.71. The molecular formula is C16H23FN2O2. The third-order valence-electron chi connectivity index (χ3n) is 3.71. The highest BCUT2D eigenvalue weighted by Gasteiger charge is 2.15. The molecule has 1 atom stereocenters. The maximum absolute atomic E-state index is 13.5. The molecule has 21 heavy (non-hydrogen) atoms.